The largest absolute Gasteiger partial charge is 0.387 e. The van der Waals surface area contributed by atoms with E-state index in [1.165, 1.54) is 7.05 Å². The van der Waals surface area contributed by atoms with Gasteiger partial charge in [0.05, 0.1) is 0 Å². The Morgan fingerprint density at radius 1 is 1.50 bits per heavy atom. The van der Waals surface area contributed by atoms with Crippen molar-refractivity contribution in [3.05, 3.63) is 0 Å². The van der Waals surface area contributed by atoms with Gasteiger partial charge in [0.25, 0.3) is 0 Å². The van der Waals surface area contributed by atoms with Gasteiger partial charge < -0.3 is 15.7 Å². The molecule has 0 saturated carbocycles. The van der Waals surface area contributed by atoms with Gasteiger partial charge >= 0.3 is 0 Å². The molecule has 5 heteroatoms. The number of nitrogens with one attached hydrogen (secondary N) is 2. The van der Waals surface area contributed by atoms with Gasteiger partial charge in [0, 0.05) is 7.05 Å². The lowest BCUT2D eigenvalue weighted by molar-refractivity contribution is -0.130. The predicted octanol–water partition coefficient (Wildman–Crippen LogP) is -1.38. The van der Waals surface area contributed by atoms with E-state index in [-0.39, 0.29) is 5.91 Å². The van der Waals surface area contributed by atoms with Crippen molar-refractivity contribution in [2.75, 3.05) is 13.7 Å². The zero-order valence-electron chi connectivity index (χ0n) is 7.26. The summed E-state index contributed by atoms with van der Waals surface area (Å²) in [6, 6.07) is -0.547. The summed E-state index contributed by atoms with van der Waals surface area (Å²) in [5, 5.41) is 13.2. The minimum absolute atomic E-state index is 0.251. The van der Waals surface area contributed by atoms with Crippen LogP contribution in [0.4, 0.5) is 0 Å². The number of amides is 2. The number of aliphatic hydroxyl groups is 1. The third-order valence-corrected chi connectivity index (χ3v) is 1.45. The number of aliphatic hydroxyl groups excluding tert-OH is 1. The molecule has 12 heavy (non-hydrogen) atoms. The second-order valence-corrected chi connectivity index (χ2v) is 2.30. The highest BCUT2D eigenvalue weighted by atomic mass is 16.3. The Morgan fingerprint density at radius 2 is 2.08 bits per heavy atom. The van der Waals surface area contributed by atoms with Crippen LogP contribution in [0.5, 0.6) is 0 Å². The Morgan fingerprint density at radius 3 is 2.42 bits per heavy atom. The molecular formula is C7H14N2O3. The zero-order chi connectivity index (χ0) is 9.56. The van der Waals surface area contributed by atoms with Crippen molar-refractivity contribution >= 4 is 11.8 Å². The van der Waals surface area contributed by atoms with Crippen LogP contribution in [0.15, 0.2) is 0 Å². The number of carbonyl (C=O) groups excluding carboxylic acids is 2. The number of hydrogen-bond acceptors (Lipinski definition) is 3. The summed E-state index contributed by atoms with van der Waals surface area (Å²) < 4.78 is 0. The van der Waals surface area contributed by atoms with Crippen LogP contribution in [-0.2, 0) is 9.59 Å². The number of likely N-dealkylation sites (N-methyl/N-ethyl adjacent to an activating group) is 1. The summed E-state index contributed by atoms with van der Waals surface area (Å²) in [5.41, 5.74) is 0. The molecular weight excluding hydrogens is 160 g/mol. The smallest absolute Gasteiger partial charge is 0.246 e. The van der Waals surface area contributed by atoms with Crippen molar-refractivity contribution in [3.8, 4) is 0 Å². The average Bonchev–Trinajstić information content (AvgIpc) is 2.12. The second kappa shape index (κ2) is 5.54. The Hall–Kier alpha value is -1.10. The predicted molar refractivity (Wildman–Crippen MR) is 43.4 cm³/mol. The fourth-order valence-electron chi connectivity index (χ4n) is 0.767. The van der Waals surface area contributed by atoms with Crippen LogP contribution in [0, 0.1) is 0 Å². The minimum Gasteiger partial charge on any atom is -0.387 e. The lowest BCUT2D eigenvalue weighted by Crippen LogP contribution is -2.46. The second-order valence-electron chi connectivity index (χ2n) is 2.30. The molecule has 0 heterocycles. The molecule has 0 aliphatic heterocycles. The molecule has 3 N–H and O–H groups in total. The first kappa shape index (κ1) is 10.9. The SMILES string of the molecule is CC[C@H](NC(=O)CO)C(=O)NC. The van der Waals surface area contributed by atoms with Gasteiger partial charge in [-0.25, -0.2) is 0 Å². The van der Waals surface area contributed by atoms with E-state index in [0.717, 1.165) is 0 Å². The Bertz CT molecular complexity index is 170. The monoisotopic (exact) mass is 174 g/mol. The van der Waals surface area contributed by atoms with Gasteiger partial charge in [0.2, 0.25) is 11.8 Å². The van der Waals surface area contributed by atoms with Crippen molar-refractivity contribution in [1.29, 1.82) is 0 Å². The number of rotatable bonds is 4. The molecule has 0 bridgehead atoms. The molecule has 0 aliphatic rings. The molecule has 0 unspecified atom stereocenters. The highest BCUT2D eigenvalue weighted by molar-refractivity contribution is 5.87. The lowest BCUT2D eigenvalue weighted by Gasteiger charge is -2.13. The Labute approximate surface area is 71.1 Å². The molecule has 1 atom stereocenters. The molecule has 70 valence electrons. The molecule has 0 aromatic heterocycles. The molecule has 0 aliphatic carbocycles. The topological polar surface area (TPSA) is 78.4 Å². The van der Waals surface area contributed by atoms with Crippen LogP contribution in [0.1, 0.15) is 13.3 Å². The van der Waals surface area contributed by atoms with Crippen LogP contribution in [-0.4, -0.2) is 36.6 Å². The minimum atomic E-state index is -0.590. The van der Waals surface area contributed by atoms with E-state index in [1.807, 2.05) is 0 Å². The quantitative estimate of drug-likeness (QED) is 0.491. The molecule has 0 fully saturated rings. The first-order valence-corrected chi connectivity index (χ1v) is 3.77. The van der Waals surface area contributed by atoms with Crippen molar-refractivity contribution in [2.45, 2.75) is 19.4 Å². The van der Waals surface area contributed by atoms with Crippen molar-refractivity contribution in [1.82, 2.24) is 10.6 Å². The normalized spacial score (nSPS) is 11.9. The lowest BCUT2D eigenvalue weighted by atomic mass is 10.2. The summed E-state index contributed by atoms with van der Waals surface area (Å²) in [4.78, 5) is 21.6. The molecule has 2 amide bonds. The highest BCUT2D eigenvalue weighted by Gasteiger charge is 2.16. The van der Waals surface area contributed by atoms with Crippen LogP contribution in [0.25, 0.3) is 0 Å². The van der Waals surface area contributed by atoms with Gasteiger partial charge in [0.15, 0.2) is 0 Å². The van der Waals surface area contributed by atoms with Gasteiger partial charge in [-0.15, -0.1) is 0 Å². The maximum Gasteiger partial charge on any atom is 0.246 e. The van der Waals surface area contributed by atoms with E-state index in [0.29, 0.717) is 6.42 Å². The van der Waals surface area contributed by atoms with E-state index in [1.54, 1.807) is 6.92 Å². The van der Waals surface area contributed by atoms with E-state index < -0.39 is 18.6 Å². The maximum atomic E-state index is 11.0. The van der Waals surface area contributed by atoms with Gasteiger partial charge in [-0.3, -0.25) is 9.59 Å². The van der Waals surface area contributed by atoms with E-state index in [9.17, 15) is 9.59 Å². The molecule has 0 spiro atoms. The van der Waals surface area contributed by atoms with Gasteiger partial charge in [-0.05, 0) is 6.42 Å². The van der Waals surface area contributed by atoms with Gasteiger partial charge in [-0.2, -0.15) is 0 Å². The Kier molecular flexibility index (Phi) is 5.03. The van der Waals surface area contributed by atoms with E-state index >= 15 is 0 Å². The molecule has 0 radical (unpaired) electrons. The third kappa shape index (κ3) is 3.34. The summed E-state index contributed by atoms with van der Waals surface area (Å²) in [5.74, 6) is -0.787. The van der Waals surface area contributed by atoms with Crippen LogP contribution < -0.4 is 10.6 Å². The van der Waals surface area contributed by atoms with Crippen molar-refractivity contribution in [3.63, 3.8) is 0 Å². The zero-order valence-corrected chi connectivity index (χ0v) is 7.26. The molecule has 0 saturated heterocycles. The van der Waals surface area contributed by atoms with Crippen LogP contribution in [0.3, 0.4) is 0 Å². The third-order valence-electron chi connectivity index (χ3n) is 1.45. The van der Waals surface area contributed by atoms with Gasteiger partial charge in [-0.1, -0.05) is 6.92 Å². The maximum absolute atomic E-state index is 11.0. The fourth-order valence-corrected chi connectivity index (χ4v) is 0.767. The molecule has 0 rings (SSSR count). The van der Waals surface area contributed by atoms with Crippen molar-refractivity contribution < 1.29 is 14.7 Å². The molecule has 5 nitrogen and oxygen atoms in total. The number of carbonyl (C=O) groups is 2. The molecule has 0 aromatic rings. The first-order chi connectivity index (χ1) is 5.65. The summed E-state index contributed by atoms with van der Waals surface area (Å²) >= 11 is 0. The van der Waals surface area contributed by atoms with Crippen LogP contribution in [0.2, 0.25) is 0 Å². The average molecular weight is 174 g/mol. The Balaban J connectivity index is 3.99. The van der Waals surface area contributed by atoms with Crippen molar-refractivity contribution in [2.24, 2.45) is 0 Å². The highest BCUT2D eigenvalue weighted by Crippen LogP contribution is 1.89. The number of hydrogen-bond donors (Lipinski definition) is 3. The van der Waals surface area contributed by atoms with E-state index in [4.69, 9.17) is 5.11 Å². The summed E-state index contributed by atoms with van der Waals surface area (Å²) in [6.45, 7) is 1.19. The van der Waals surface area contributed by atoms with Crippen LogP contribution >= 0.6 is 0 Å². The summed E-state index contributed by atoms with van der Waals surface area (Å²) in [7, 11) is 1.50. The van der Waals surface area contributed by atoms with E-state index in [2.05, 4.69) is 10.6 Å². The standard InChI is InChI=1S/C7H14N2O3/c1-3-5(7(12)8-2)9-6(11)4-10/h5,10H,3-4H2,1-2H3,(H,8,12)(H,9,11)/t5-/m0/s1. The molecule has 0 aromatic carbocycles. The first-order valence-electron chi connectivity index (χ1n) is 3.77. The summed E-state index contributed by atoms with van der Waals surface area (Å²) in [6.07, 6.45) is 0.505. The van der Waals surface area contributed by atoms with Gasteiger partial charge in [0.1, 0.15) is 12.6 Å². The fraction of sp³-hybridized carbons (Fsp3) is 0.714.